The van der Waals surface area contributed by atoms with Gasteiger partial charge in [-0.05, 0) is 38.1 Å². The Bertz CT molecular complexity index is 1450. The fourth-order valence-corrected chi connectivity index (χ4v) is 4.75. The predicted molar refractivity (Wildman–Crippen MR) is 149 cm³/mol. The van der Waals surface area contributed by atoms with Crippen LogP contribution in [0.5, 0.6) is 5.75 Å². The number of hydrogen-bond acceptors (Lipinski definition) is 8. The van der Waals surface area contributed by atoms with Crippen LogP contribution in [0.15, 0.2) is 73.6 Å². The van der Waals surface area contributed by atoms with E-state index in [1.165, 1.54) is 0 Å². The van der Waals surface area contributed by atoms with E-state index in [9.17, 15) is 9.59 Å². The number of imidazole rings is 1. The lowest BCUT2D eigenvalue weighted by atomic mass is 10.1. The molecule has 0 spiro atoms. The molecule has 1 saturated heterocycles. The largest absolute Gasteiger partial charge is 0.471 e. The summed E-state index contributed by atoms with van der Waals surface area (Å²) in [6.45, 7) is 4.94. The van der Waals surface area contributed by atoms with Crippen molar-refractivity contribution in [3.63, 3.8) is 0 Å². The third-order valence-corrected chi connectivity index (χ3v) is 6.69. The number of nitrogens with zero attached hydrogens (tertiary/aromatic N) is 7. The number of piperazine rings is 1. The van der Waals surface area contributed by atoms with Gasteiger partial charge in [-0.1, -0.05) is 29.3 Å². The molecule has 4 heterocycles. The zero-order valence-corrected chi connectivity index (χ0v) is 22.9. The van der Waals surface area contributed by atoms with Gasteiger partial charge in [0.2, 0.25) is 11.9 Å². The Morgan fingerprint density at radius 2 is 1.95 bits per heavy atom. The molecule has 4 aromatic rings. The summed E-state index contributed by atoms with van der Waals surface area (Å²) in [6, 6.07) is 12.3. The minimum absolute atomic E-state index is 0.0977. The van der Waals surface area contributed by atoms with E-state index in [0.29, 0.717) is 42.7 Å². The number of nitrogens with one attached hydrogen (secondary N) is 1. The first kappa shape index (κ1) is 27.1. The summed E-state index contributed by atoms with van der Waals surface area (Å²) >= 11 is 6.38. The number of carbonyl (C=O) groups is 2. The third kappa shape index (κ3) is 6.55. The fraction of sp³-hybridized carbons (Fsp3) is 0.286. The van der Waals surface area contributed by atoms with Crippen molar-refractivity contribution in [2.24, 2.45) is 0 Å². The van der Waals surface area contributed by atoms with Crippen LogP contribution in [0.4, 0.5) is 5.82 Å². The van der Waals surface area contributed by atoms with E-state index in [4.69, 9.17) is 21.3 Å². The van der Waals surface area contributed by atoms with Crippen molar-refractivity contribution in [1.82, 2.24) is 34.7 Å². The SMILES string of the molecule is Cc1ccc(OC(C)NC(=O)CC2CN(C(=O)c3cccnc3)CCN2c2cc(Cl)nc(-n3ccnc3)n2)cc1. The highest BCUT2D eigenvalue weighted by Crippen LogP contribution is 2.25. The highest BCUT2D eigenvalue weighted by atomic mass is 35.5. The lowest BCUT2D eigenvalue weighted by Gasteiger charge is -2.42. The van der Waals surface area contributed by atoms with Gasteiger partial charge in [-0.3, -0.25) is 19.1 Å². The van der Waals surface area contributed by atoms with Gasteiger partial charge in [-0.2, -0.15) is 4.98 Å². The predicted octanol–water partition coefficient (Wildman–Crippen LogP) is 3.28. The first-order valence-corrected chi connectivity index (χ1v) is 13.2. The van der Waals surface area contributed by atoms with Gasteiger partial charge in [0.15, 0.2) is 6.23 Å². The Labute approximate surface area is 236 Å². The van der Waals surface area contributed by atoms with E-state index in [1.807, 2.05) is 36.1 Å². The number of carbonyl (C=O) groups excluding carboxylic acids is 2. The van der Waals surface area contributed by atoms with E-state index in [0.717, 1.165) is 5.56 Å². The van der Waals surface area contributed by atoms with Crippen LogP contribution in [0.3, 0.4) is 0 Å². The first-order valence-electron chi connectivity index (χ1n) is 12.9. The Balaban J connectivity index is 1.35. The van der Waals surface area contributed by atoms with Gasteiger partial charge >= 0.3 is 0 Å². The molecule has 12 heteroatoms. The highest BCUT2D eigenvalue weighted by Gasteiger charge is 2.33. The molecule has 2 atom stereocenters. The van der Waals surface area contributed by atoms with Crippen molar-refractivity contribution in [3.8, 4) is 11.7 Å². The molecule has 206 valence electrons. The summed E-state index contributed by atoms with van der Waals surface area (Å²) in [4.78, 5) is 47.3. The third-order valence-electron chi connectivity index (χ3n) is 6.50. The summed E-state index contributed by atoms with van der Waals surface area (Å²) in [5.74, 6) is 1.21. The molecule has 0 aliphatic carbocycles. The number of hydrogen-bond donors (Lipinski definition) is 1. The quantitative estimate of drug-likeness (QED) is 0.258. The number of benzene rings is 1. The summed E-state index contributed by atoms with van der Waals surface area (Å²) in [7, 11) is 0. The van der Waals surface area contributed by atoms with Crippen LogP contribution in [0.2, 0.25) is 5.15 Å². The second-order valence-electron chi connectivity index (χ2n) is 9.50. The lowest BCUT2D eigenvalue weighted by Crippen LogP contribution is -2.56. The molecule has 1 N–H and O–H groups in total. The lowest BCUT2D eigenvalue weighted by molar-refractivity contribution is -0.123. The van der Waals surface area contributed by atoms with E-state index < -0.39 is 6.23 Å². The number of rotatable bonds is 8. The van der Waals surface area contributed by atoms with Crippen molar-refractivity contribution in [3.05, 3.63) is 89.9 Å². The van der Waals surface area contributed by atoms with Crippen molar-refractivity contribution in [2.45, 2.75) is 32.5 Å². The molecule has 1 aliphatic rings. The number of aryl methyl sites for hydroxylation is 1. The summed E-state index contributed by atoms with van der Waals surface area (Å²) in [5.41, 5.74) is 1.61. The van der Waals surface area contributed by atoms with Gasteiger partial charge in [-0.25, -0.2) is 9.97 Å². The molecule has 0 saturated carbocycles. The van der Waals surface area contributed by atoms with E-state index in [-0.39, 0.29) is 29.4 Å². The molecule has 11 nitrogen and oxygen atoms in total. The molecule has 5 rings (SSSR count). The van der Waals surface area contributed by atoms with Crippen LogP contribution in [0.1, 0.15) is 29.3 Å². The van der Waals surface area contributed by atoms with E-state index in [2.05, 4.69) is 20.3 Å². The molecule has 1 fully saturated rings. The number of halogens is 1. The molecule has 1 aromatic carbocycles. The maximum absolute atomic E-state index is 13.2. The topological polar surface area (TPSA) is 118 Å². The maximum Gasteiger partial charge on any atom is 0.255 e. The number of aromatic nitrogens is 5. The zero-order valence-electron chi connectivity index (χ0n) is 22.1. The number of amides is 2. The second-order valence-corrected chi connectivity index (χ2v) is 9.89. The van der Waals surface area contributed by atoms with E-state index in [1.54, 1.807) is 65.7 Å². The first-order chi connectivity index (χ1) is 19.4. The minimum atomic E-state index is -0.554. The Morgan fingerprint density at radius 1 is 1.12 bits per heavy atom. The van der Waals surface area contributed by atoms with Crippen molar-refractivity contribution in [1.29, 1.82) is 0 Å². The second kappa shape index (κ2) is 12.1. The van der Waals surface area contributed by atoms with Gasteiger partial charge in [0, 0.05) is 56.9 Å². The summed E-state index contributed by atoms with van der Waals surface area (Å²) < 4.78 is 7.52. The van der Waals surface area contributed by atoms with Crippen LogP contribution in [0, 0.1) is 6.92 Å². The molecule has 0 radical (unpaired) electrons. The summed E-state index contributed by atoms with van der Waals surface area (Å²) in [5, 5.41) is 3.17. The van der Waals surface area contributed by atoms with Crippen LogP contribution >= 0.6 is 11.6 Å². The number of anilines is 1. The molecular formula is C28H29ClN8O3. The Kier molecular flexibility index (Phi) is 8.20. The van der Waals surface area contributed by atoms with Crippen molar-refractivity contribution in [2.75, 3.05) is 24.5 Å². The molecule has 40 heavy (non-hydrogen) atoms. The van der Waals surface area contributed by atoms with Crippen LogP contribution in [0.25, 0.3) is 5.95 Å². The molecule has 2 amide bonds. The molecule has 2 unspecified atom stereocenters. The average molecular weight is 561 g/mol. The number of pyridine rings is 1. The number of ether oxygens (including phenoxy) is 1. The standard InChI is InChI=1S/C28H29ClN8O3/c1-19-5-7-23(8-6-19)40-20(2)32-26(38)14-22-17-35(27(39)21-4-3-9-30-16-21)12-13-37(22)25-15-24(29)33-28(34-25)36-11-10-31-18-36/h3-11,15-16,18,20,22H,12-14,17H2,1-2H3,(H,32,38). The van der Waals surface area contributed by atoms with E-state index >= 15 is 0 Å². The highest BCUT2D eigenvalue weighted by molar-refractivity contribution is 6.29. The Morgan fingerprint density at radius 3 is 2.67 bits per heavy atom. The van der Waals surface area contributed by atoms with Gasteiger partial charge in [0.25, 0.3) is 5.91 Å². The average Bonchev–Trinajstić information content (AvgIpc) is 3.49. The smallest absolute Gasteiger partial charge is 0.255 e. The molecule has 0 bridgehead atoms. The minimum Gasteiger partial charge on any atom is -0.471 e. The van der Waals surface area contributed by atoms with Gasteiger partial charge < -0.3 is 19.9 Å². The van der Waals surface area contributed by atoms with Gasteiger partial charge in [0.1, 0.15) is 23.0 Å². The summed E-state index contributed by atoms with van der Waals surface area (Å²) in [6.07, 6.45) is 7.64. The fourth-order valence-electron chi connectivity index (χ4n) is 4.57. The monoisotopic (exact) mass is 560 g/mol. The van der Waals surface area contributed by atoms with Crippen molar-refractivity contribution < 1.29 is 14.3 Å². The molecule has 3 aromatic heterocycles. The Hall–Kier alpha value is -4.51. The normalized spacial score (nSPS) is 15.9. The zero-order chi connectivity index (χ0) is 28.1. The van der Waals surface area contributed by atoms with Gasteiger partial charge in [-0.15, -0.1) is 0 Å². The maximum atomic E-state index is 13.2. The van der Waals surface area contributed by atoms with Crippen LogP contribution in [-0.2, 0) is 4.79 Å². The van der Waals surface area contributed by atoms with Crippen LogP contribution in [-0.4, -0.2) is 73.1 Å². The van der Waals surface area contributed by atoms with Crippen LogP contribution < -0.4 is 15.0 Å². The molecule has 1 aliphatic heterocycles. The van der Waals surface area contributed by atoms with Gasteiger partial charge in [0.05, 0.1) is 11.6 Å². The molecular weight excluding hydrogens is 532 g/mol. The van der Waals surface area contributed by atoms with Crippen molar-refractivity contribution >= 4 is 29.2 Å².